The van der Waals surface area contributed by atoms with Crippen LogP contribution in [-0.4, -0.2) is 51.9 Å². The molecule has 30 heavy (non-hydrogen) atoms. The van der Waals surface area contributed by atoms with Crippen LogP contribution >= 0.6 is 0 Å². The first-order valence-electron chi connectivity index (χ1n) is 10.3. The van der Waals surface area contributed by atoms with E-state index in [0.717, 1.165) is 35.3 Å². The average Bonchev–Trinajstić information content (AvgIpc) is 3.27. The zero-order chi connectivity index (χ0) is 20.5. The van der Waals surface area contributed by atoms with Gasteiger partial charge in [0.1, 0.15) is 12.7 Å². The molecule has 1 aromatic carbocycles. The van der Waals surface area contributed by atoms with Crippen molar-refractivity contribution in [1.29, 1.82) is 0 Å². The molecule has 0 radical (unpaired) electrons. The van der Waals surface area contributed by atoms with Crippen molar-refractivity contribution in [1.82, 2.24) is 19.3 Å². The van der Waals surface area contributed by atoms with Gasteiger partial charge in [-0.05, 0) is 24.5 Å². The molecule has 0 N–H and O–H groups in total. The molecule has 156 valence electrons. The molecule has 0 aliphatic carbocycles. The zero-order valence-electron chi connectivity index (χ0n) is 16.9. The maximum absolute atomic E-state index is 12.6. The van der Waals surface area contributed by atoms with Crippen molar-refractivity contribution in [2.75, 3.05) is 26.4 Å². The summed E-state index contributed by atoms with van der Waals surface area (Å²) in [5.41, 5.74) is 5.01. The minimum absolute atomic E-state index is 0.141. The maximum atomic E-state index is 12.6. The van der Waals surface area contributed by atoms with E-state index < -0.39 is 0 Å². The number of aryl methyl sites for hydroxylation is 2. The maximum Gasteiger partial charge on any atom is 0.351 e. The molecule has 1 saturated heterocycles. The van der Waals surface area contributed by atoms with Gasteiger partial charge in [0, 0.05) is 36.5 Å². The number of hydrogen-bond donors (Lipinski definition) is 0. The van der Waals surface area contributed by atoms with E-state index >= 15 is 0 Å². The van der Waals surface area contributed by atoms with E-state index in [-0.39, 0.29) is 11.8 Å². The van der Waals surface area contributed by atoms with E-state index in [1.54, 1.807) is 4.57 Å². The van der Waals surface area contributed by atoms with Gasteiger partial charge in [-0.15, -0.1) is 0 Å². The van der Waals surface area contributed by atoms with Gasteiger partial charge in [-0.3, -0.25) is 9.25 Å². The van der Waals surface area contributed by atoms with Gasteiger partial charge in [0.25, 0.3) is 0 Å². The molecule has 1 unspecified atom stereocenters. The van der Waals surface area contributed by atoms with Gasteiger partial charge in [-0.2, -0.15) is 10.1 Å². The Bertz CT molecular complexity index is 1110. The molecule has 2 aliphatic heterocycles. The Morgan fingerprint density at radius 3 is 2.97 bits per heavy atom. The fourth-order valence-corrected chi connectivity index (χ4v) is 3.96. The summed E-state index contributed by atoms with van der Waals surface area (Å²) in [5, 5.41) is 4.37. The van der Waals surface area contributed by atoms with Crippen LogP contribution in [0.1, 0.15) is 12.5 Å². The van der Waals surface area contributed by atoms with Crippen LogP contribution in [-0.2, 0) is 29.0 Å². The highest BCUT2D eigenvalue weighted by molar-refractivity contribution is 5.73. The van der Waals surface area contributed by atoms with Gasteiger partial charge in [0.05, 0.1) is 31.7 Å². The van der Waals surface area contributed by atoms with Crippen molar-refractivity contribution in [3.63, 3.8) is 0 Å². The summed E-state index contributed by atoms with van der Waals surface area (Å²) < 4.78 is 20.4. The van der Waals surface area contributed by atoms with E-state index in [4.69, 9.17) is 14.2 Å². The van der Waals surface area contributed by atoms with E-state index in [2.05, 4.69) is 41.4 Å². The fraction of sp³-hybridized carbons (Fsp3) is 0.409. The molecule has 1 atom stereocenters. The van der Waals surface area contributed by atoms with Crippen LogP contribution in [0.5, 0.6) is 5.88 Å². The molecule has 0 amide bonds. The Balaban J connectivity index is 1.43. The SMILES string of the molecule is CCn1cc(-c2ccc3c(c2)CCn2c-3cc(OCC3COCCO3)nc2=O)cn1. The Hall–Kier alpha value is -2.97. The van der Waals surface area contributed by atoms with Crippen LogP contribution in [0.25, 0.3) is 22.4 Å². The smallest absolute Gasteiger partial charge is 0.351 e. The normalized spacial score (nSPS) is 18.0. The summed E-state index contributed by atoms with van der Waals surface area (Å²) in [6.45, 7) is 5.47. The minimum atomic E-state index is -0.290. The number of benzene rings is 1. The predicted molar refractivity (Wildman–Crippen MR) is 111 cm³/mol. The molecular formula is C22H24N4O4. The minimum Gasteiger partial charge on any atom is -0.475 e. The van der Waals surface area contributed by atoms with E-state index in [1.165, 1.54) is 5.56 Å². The second-order valence-electron chi connectivity index (χ2n) is 7.50. The lowest BCUT2D eigenvalue weighted by Gasteiger charge is -2.24. The third kappa shape index (κ3) is 3.64. The second-order valence-corrected chi connectivity index (χ2v) is 7.50. The summed E-state index contributed by atoms with van der Waals surface area (Å²) in [5.74, 6) is 0.321. The van der Waals surface area contributed by atoms with E-state index in [1.807, 2.05) is 16.9 Å². The highest BCUT2D eigenvalue weighted by atomic mass is 16.6. The molecule has 1 fully saturated rings. The van der Waals surface area contributed by atoms with Crippen molar-refractivity contribution in [3.8, 4) is 28.3 Å². The molecule has 2 aromatic heterocycles. The van der Waals surface area contributed by atoms with Crippen molar-refractivity contribution < 1.29 is 14.2 Å². The highest BCUT2D eigenvalue weighted by Crippen LogP contribution is 2.33. The lowest BCUT2D eigenvalue weighted by atomic mass is 9.94. The third-order valence-electron chi connectivity index (χ3n) is 5.57. The molecule has 8 nitrogen and oxygen atoms in total. The summed E-state index contributed by atoms with van der Waals surface area (Å²) in [6, 6.07) is 8.18. The number of aromatic nitrogens is 4. The Morgan fingerprint density at radius 2 is 2.17 bits per heavy atom. The molecule has 0 saturated carbocycles. The highest BCUT2D eigenvalue weighted by Gasteiger charge is 2.21. The number of fused-ring (bicyclic) bond motifs is 3. The average molecular weight is 408 g/mol. The van der Waals surface area contributed by atoms with Crippen molar-refractivity contribution in [3.05, 3.63) is 52.7 Å². The molecule has 3 aromatic rings. The molecule has 5 rings (SSSR count). The van der Waals surface area contributed by atoms with Crippen LogP contribution in [0, 0.1) is 0 Å². The first-order valence-corrected chi connectivity index (χ1v) is 10.3. The molecule has 8 heteroatoms. The second kappa shape index (κ2) is 8.04. The van der Waals surface area contributed by atoms with Crippen molar-refractivity contribution in [2.24, 2.45) is 0 Å². The van der Waals surface area contributed by atoms with Gasteiger partial charge in [0.15, 0.2) is 0 Å². The summed E-state index contributed by atoms with van der Waals surface area (Å²) >= 11 is 0. The zero-order valence-corrected chi connectivity index (χ0v) is 16.9. The number of hydrogen-bond acceptors (Lipinski definition) is 6. The molecule has 2 aliphatic rings. The molecule has 0 spiro atoms. The van der Waals surface area contributed by atoms with Gasteiger partial charge in [-0.25, -0.2) is 4.79 Å². The topological polar surface area (TPSA) is 80.4 Å². The lowest BCUT2D eigenvalue weighted by molar-refractivity contribution is -0.102. The largest absolute Gasteiger partial charge is 0.475 e. The monoisotopic (exact) mass is 408 g/mol. The van der Waals surface area contributed by atoms with Crippen LogP contribution in [0.3, 0.4) is 0 Å². The first kappa shape index (κ1) is 19.0. The quantitative estimate of drug-likeness (QED) is 0.644. The summed E-state index contributed by atoms with van der Waals surface area (Å²) in [4.78, 5) is 16.7. The van der Waals surface area contributed by atoms with Gasteiger partial charge in [-0.1, -0.05) is 18.2 Å². The molecule has 4 heterocycles. The summed E-state index contributed by atoms with van der Waals surface area (Å²) in [7, 11) is 0. The first-order chi connectivity index (χ1) is 14.7. The fourth-order valence-electron chi connectivity index (χ4n) is 3.96. The molecule has 0 bridgehead atoms. The standard InChI is InChI=1S/C22H24N4O4/c1-2-25-12-17(11-23-25)15-3-4-19-16(9-15)5-6-26-20(19)10-21(24-22(26)27)30-14-18-13-28-7-8-29-18/h3-4,9-12,18H,2,5-8,13-14H2,1H3. The Kier molecular flexibility index (Phi) is 5.10. The van der Waals surface area contributed by atoms with Gasteiger partial charge >= 0.3 is 5.69 Å². The van der Waals surface area contributed by atoms with Crippen molar-refractivity contribution in [2.45, 2.75) is 32.5 Å². The third-order valence-corrected chi connectivity index (χ3v) is 5.57. The van der Waals surface area contributed by atoms with Crippen LogP contribution < -0.4 is 10.4 Å². The number of rotatable bonds is 5. The van der Waals surface area contributed by atoms with Crippen LogP contribution in [0.2, 0.25) is 0 Å². The van der Waals surface area contributed by atoms with E-state index in [0.29, 0.717) is 38.9 Å². The van der Waals surface area contributed by atoms with Crippen LogP contribution in [0.4, 0.5) is 0 Å². The number of ether oxygens (including phenoxy) is 3. The Morgan fingerprint density at radius 1 is 1.23 bits per heavy atom. The van der Waals surface area contributed by atoms with Crippen molar-refractivity contribution >= 4 is 0 Å². The molecular weight excluding hydrogens is 384 g/mol. The van der Waals surface area contributed by atoms with Gasteiger partial charge < -0.3 is 14.2 Å². The predicted octanol–water partition coefficient (Wildman–Crippen LogP) is 2.14. The van der Waals surface area contributed by atoms with Gasteiger partial charge in [0.2, 0.25) is 5.88 Å². The Labute approximate surface area is 174 Å². The summed E-state index contributed by atoms with van der Waals surface area (Å²) in [6.07, 6.45) is 4.58. The number of nitrogens with zero attached hydrogens (tertiary/aromatic N) is 4. The lowest BCUT2D eigenvalue weighted by Crippen LogP contribution is -2.34. The van der Waals surface area contributed by atoms with E-state index in [9.17, 15) is 4.79 Å². The van der Waals surface area contributed by atoms with Crippen LogP contribution in [0.15, 0.2) is 41.5 Å².